The van der Waals surface area contributed by atoms with Gasteiger partial charge in [-0.25, -0.2) is 4.98 Å². The zero-order chi connectivity index (χ0) is 17.8. The van der Waals surface area contributed by atoms with Crippen molar-refractivity contribution in [1.29, 1.82) is 5.26 Å². The van der Waals surface area contributed by atoms with Crippen molar-refractivity contribution in [1.82, 2.24) is 9.97 Å². The van der Waals surface area contributed by atoms with E-state index in [4.69, 9.17) is 5.26 Å². The number of aromatic amines is 1. The number of carbonyl (C=O) groups is 1. The van der Waals surface area contributed by atoms with Crippen LogP contribution in [0.5, 0.6) is 0 Å². The van der Waals surface area contributed by atoms with E-state index >= 15 is 0 Å². The average Bonchev–Trinajstić information content (AvgIpc) is 3.02. The van der Waals surface area contributed by atoms with Gasteiger partial charge in [0.15, 0.2) is 5.16 Å². The number of aromatic nitrogens is 2. The summed E-state index contributed by atoms with van der Waals surface area (Å²) in [4.78, 5) is 29.6. The second kappa shape index (κ2) is 7.02. The van der Waals surface area contributed by atoms with Crippen LogP contribution in [-0.4, -0.2) is 26.6 Å². The Labute approximate surface area is 146 Å². The first-order chi connectivity index (χ1) is 12.1. The molecule has 3 aromatic rings. The normalized spacial score (nSPS) is 10.4. The molecule has 0 aliphatic heterocycles. The first-order valence-corrected chi connectivity index (χ1v) is 8.11. The van der Waals surface area contributed by atoms with Gasteiger partial charge in [0.2, 0.25) is 5.91 Å². The fraction of sp³-hybridized carbons (Fsp3) is 0.0625. The maximum Gasteiger partial charge on any atom is 0.271 e. The van der Waals surface area contributed by atoms with Crippen molar-refractivity contribution in [3.8, 4) is 6.07 Å². The molecule has 0 bridgehead atoms. The monoisotopic (exact) mass is 353 g/mol. The van der Waals surface area contributed by atoms with Crippen molar-refractivity contribution >= 4 is 40.1 Å². The number of fused-ring (bicyclic) bond motifs is 1. The van der Waals surface area contributed by atoms with Crippen LogP contribution < -0.4 is 5.32 Å². The second-order valence-corrected chi connectivity index (χ2v) is 5.96. The van der Waals surface area contributed by atoms with Crippen molar-refractivity contribution in [2.75, 3.05) is 11.1 Å². The van der Waals surface area contributed by atoms with Crippen LogP contribution in [-0.2, 0) is 4.79 Å². The van der Waals surface area contributed by atoms with E-state index in [9.17, 15) is 14.9 Å². The number of amides is 1. The minimum atomic E-state index is -0.479. The van der Waals surface area contributed by atoms with E-state index in [0.717, 1.165) is 0 Å². The van der Waals surface area contributed by atoms with Gasteiger partial charge in [-0.3, -0.25) is 14.9 Å². The van der Waals surface area contributed by atoms with Crippen LogP contribution in [0.1, 0.15) is 5.56 Å². The van der Waals surface area contributed by atoms with Gasteiger partial charge in [0.25, 0.3) is 5.69 Å². The number of carbonyl (C=O) groups excluding carboxylic acids is 1. The number of nitrogens with zero attached hydrogens (tertiary/aromatic N) is 3. The quantitative estimate of drug-likeness (QED) is 0.412. The number of non-ortho nitro benzene ring substituents is 1. The lowest BCUT2D eigenvalue weighted by atomic mass is 10.2. The maximum atomic E-state index is 12.0. The Kier molecular flexibility index (Phi) is 4.63. The molecule has 1 amide bonds. The molecule has 0 fully saturated rings. The van der Waals surface area contributed by atoms with Gasteiger partial charge in [0.1, 0.15) is 6.07 Å². The Hall–Kier alpha value is -3.38. The van der Waals surface area contributed by atoms with Gasteiger partial charge >= 0.3 is 0 Å². The Morgan fingerprint density at radius 3 is 2.92 bits per heavy atom. The summed E-state index contributed by atoms with van der Waals surface area (Å²) in [5.41, 5.74) is 1.93. The molecule has 1 heterocycles. The number of imidazole rings is 1. The summed E-state index contributed by atoms with van der Waals surface area (Å²) in [6.45, 7) is 0. The maximum absolute atomic E-state index is 12.0. The molecule has 3 rings (SSSR count). The number of H-pyrrole nitrogens is 1. The van der Waals surface area contributed by atoms with E-state index in [1.807, 2.05) is 6.07 Å². The SMILES string of the molecule is N#Cc1ccccc1NC(=O)CSc1nc2ccc([N+](=O)[O-])cc2[nH]1. The molecule has 0 saturated carbocycles. The summed E-state index contributed by atoms with van der Waals surface area (Å²) in [6.07, 6.45) is 0. The molecule has 0 spiro atoms. The first kappa shape index (κ1) is 16.5. The van der Waals surface area contributed by atoms with Gasteiger partial charge in [-0.2, -0.15) is 5.26 Å². The van der Waals surface area contributed by atoms with E-state index in [1.165, 1.54) is 23.9 Å². The van der Waals surface area contributed by atoms with Crippen LogP contribution >= 0.6 is 11.8 Å². The Morgan fingerprint density at radius 2 is 2.16 bits per heavy atom. The van der Waals surface area contributed by atoms with Crippen molar-refractivity contribution in [3.63, 3.8) is 0 Å². The Balaban J connectivity index is 1.67. The molecule has 2 N–H and O–H groups in total. The van der Waals surface area contributed by atoms with Crippen molar-refractivity contribution < 1.29 is 9.72 Å². The lowest BCUT2D eigenvalue weighted by molar-refractivity contribution is -0.384. The number of thioether (sulfide) groups is 1. The van der Waals surface area contributed by atoms with Gasteiger partial charge in [-0.1, -0.05) is 23.9 Å². The molecule has 0 unspecified atom stereocenters. The van der Waals surface area contributed by atoms with Crippen molar-refractivity contribution in [2.24, 2.45) is 0 Å². The number of nitro groups is 1. The Morgan fingerprint density at radius 1 is 1.36 bits per heavy atom. The minimum absolute atomic E-state index is 0.0291. The highest BCUT2D eigenvalue weighted by Crippen LogP contribution is 2.23. The van der Waals surface area contributed by atoms with Gasteiger partial charge in [-0.15, -0.1) is 0 Å². The molecule has 25 heavy (non-hydrogen) atoms. The highest BCUT2D eigenvalue weighted by molar-refractivity contribution is 7.99. The molecule has 0 aliphatic carbocycles. The van der Waals surface area contributed by atoms with Crippen LogP contribution in [0, 0.1) is 21.4 Å². The van der Waals surface area contributed by atoms with E-state index in [-0.39, 0.29) is 17.3 Å². The third kappa shape index (κ3) is 3.76. The molecule has 0 saturated heterocycles. The fourth-order valence-electron chi connectivity index (χ4n) is 2.17. The number of anilines is 1. The highest BCUT2D eigenvalue weighted by Gasteiger charge is 2.12. The molecule has 9 heteroatoms. The van der Waals surface area contributed by atoms with Crippen molar-refractivity contribution in [2.45, 2.75) is 5.16 Å². The van der Waals surface area contributed by atoms with E-state index in [1.54, 1.807) is 30.3 Å². The van der Waals surface area contributed by atoms with Gasteiger partial charge in [0, 0.05) is 12.1 Å². The third-order valence-electron chi connectivity index (χ3n) is 3.32. The van der Waals surface area contributed by atoms with Crippen LogP contribution in [0.2, 0.25) is 0 Å². The molecule has 0 radical (unpaired) electrons. The summed E-state index contributed by atoms with van der Waals surface area (Å²) >= 11 is 1.17. The highest BCUT2D eigenvalue weighted by atomic mass is 32.2. The molecule has 0 atom stereocenters. The lowest BCUT2D eigenvalue weighted by Gasteiger charge is -2.05. The fourth-order valence-corrected chi connectivity index (χ4v) is 2.85. The second-order valence-electron chi connectivity index (χ2n) is 4.99. The zero-order valence-electron chi connectivity index (χ0n) is 12.7. The third-order valence-corrected chi connectivity index (χ3v) is 4.19. The average molecular weight is 353 g/mol. The zero-order valence-corrected chi connectivity index (χ0v) is 13.5. The van der Waals surface area contributed by atoms with Gasteiger partial charge < -0.3 is 10.3 Å². The smallest absolute Gasteiger partial charge is 0.271 e. The van der Waals surface area contributed by atoms with Crippen LogP contribution in [0.4, 0.5) is 11.4 Å². The summed E-state index contributed by atoms with van der Waals surface area (Å²) in [6, 6.07) is 13.1. The Bertz CT molecular complexity index is 1010. The van der Waals surface area contributed by atoms with Crippen molar-refractivity contribution in [3.05, 3.63) is 58.1 Å². The molecule has 2 aromatic carbocycles. The lowest BCUT2D eigenvalue weighted by Crippen LogP contribution is -2.14. The topological polar surface area (TPSA) is 125 Å². The summed E-state index contributed by atoms with van der Waals surface area (Å²) < 4.78 is 0. The van der Waals surface area contributed by atoms with E-state index in [2.05, 4.69) is 15.3 Å². The van der Waals surface area contributed by atoms with Crippen LogP contribution in [0.25, 0.3) is 11.0 Å². The molecule has 8 nitrogen and oxygen atoms in total. The molecule has 124 valence electrons. The molecule has 1 aromatic heterocycles. The summed E-state index contributed by atoms with van der Waals surface area (Å²) in [5.74, 6) is -0.194. The van der Waals surface area contributed by atoms with E-state index in [0.29, 0.717) is 27.4 Å². The van der Waals surface area contributed by atoms with Gasteiger partial charge in [0.05, 0.1) is 33.0 Å². The molecule has 0 aliphatic rings. The minimum Gasteiger partial charge on any atom is -0.333 e. The van der Waals surface area contributed by atoms with Crippen LogP contribution in [0.15, 0.2) is 47.6 Å². The largest absolute Gasteiger partial charge is 0.333 e. The number of benzene rings is 2. The summed E-state index contributed by atoms with van der Waals surface area (Å²) in [5, 5.41) is 23.0. The standard InChI is InChI=1S/C16H11N5O3S/c17-8-10-3-1-2-4-12(10)18-15(22)9-25-16-19-13-6-5-11(21(23)24)7-14(13)20-16/h1-7H,9H2,(H,18,22)(H,19,20). The molecular weight excluding hydrogens is 342 g/mol. The van der Waals surface area contributed by atoms with Crippen LogP contribution in [0.3, 0.4) is 0 Å². The number of rotatable bonds is 5. The predicted octanol–water partition coefficient (Wildman–Crippen LogP) is 3.07. The number of hydrogen-bond donors (Lipinski definition) is 2. The number of nitro benzene ring substituents is 1. The number of nitrogens with one attached hydrogen (secondary N) is 2. The summed E-state index contributed by atoms with van der Waals surface area (Å²) in [7, 11) is 0. The number of para-hydroxylation sites is 1. The number of nitriles is 1. The number of hydrogen-bond acceptors (Lipinski definition) is 6. The van der Waals surface area contributed by atoms with Gasteiger partial charge in [-0.05, 0) is 18.2 Å². The first-order valence-electron chi connectivity index (χ1n) is 7.13. The molecular formula is C16H11N5O3S. The van der Waals surface area contributed by atoms with E-state index < -0.39 is 4.92 Å². The predicted molar refractivity (Wildman–Crippen MR) is 93.3 cm³/mol.